The van der Waals surface area contributed by atoms with Crippen molar-refractivity contribution in [3.63, 3.8) is 0 Å². The van der Waals surface area contributed by atoms with Crippen molar-refractivity contribution in [3.8, 4) is 11.1 Å². The minimum absolute atomic E-state index is 0.439. The molecule has 0 saturated heterocycles. The average Bonchev–Trinajstić information content (AvgIpc) is 2.37. The fourth-order valence-corrected chi connectivity index (χ4v) is 2.12. The number of aryl methyl sites for hydroxylation is 1. The topological polar surface area (TPSA) is 12.0 Å². The summed E-state index contributed by atoms with van der Waals surface area (Å²) in [5.41, 5.74) is 3.39. The molecule has 0 aliphatic rings. The van der Waals surface area contributed by atoms with Crippen LogP contribution in [0.2, 0.25) is 0 Å². The highest BCUT2D eigenvalue weighted by Gasteiger charge is 2.09. The molecule has 0 aromatic heterocycles. The summed E-state index contributed by atoms with van der Waals surface area (Å²) < 4.78 is 26.7. The SMILES string of the molecule is CCNCc1ccc(-c2ccc(F)cc2F)c(C)c1. The summed E-state index contributed by atoms with van der Waals surface area (Å²) in [4.78, 5) is 0. The zero-order chi connectivity index (χ0) is 13.8. The van der Waals surface area contributed by atoms with E-state index in [9.17, 15) is 8.78 Å². The second-order valence-electron chi connectivity index (χ2n) is 4.55. The third-order valence-electron chi connectivity index (χ3n) is 3.09. The molecule has 0 amide bonds. The molecule has 2 aromatic carbocycles. The van der Waals surface area contributed by atoms with Gasteiger partial charge in [0.2, 0.25) is 0 Å². The number of nitrogens with one attached hydrogen (secondary N) is 1. The van der Waals surface area contributed by atoms with Gasteiger partial charge in [-0.1, -0.05) is 25.1 Å². The predicted molar refractivity (Wildman–Crippen MR) is 73.9 cm³/mol. The standard InChI is InChI=1S/C16H17F2N/c1-3-19-10-12-4-6-14(11(2)8-12)15-7-5-13(17)9-16(15)18/h4-9,19H,3,10H2,1-2H3. The van der Waals surface area contributed by atoms with E-state index in [-0.39, 0.29) is 0 Å². The predicted octanol–water partition coefficient (Wildman–Crippen LogP) is 4.05. The summed E-state index contributed by atoms with van der Waals surface area (Å²) in [6, 6.07) is 9.57. The molecular formula is C16H17F2N. The van der Waals surface area contributed by atoms with E-state index in [0.717, 1.165) is 35.8 Å². The Morgan fingerprint density at radius 1 is 1.00 bits per heavy atom. The first-order valence-electron chi connectivity index (χ1n) is 6.37. The van der Waals surface area contributed by atoms with E-state index < -0.39 is 11.6 Å². The fourth-order valence-electron chi connectivity index (χ4n) is 2.12. The van der Waals surface area contributed by atoms with E-state index in [1.807, 2.05) is 25.1 Å². The molecule has 0 unspecified atom stereocenters. The second-order valence-corrected chi connectivity index (χ2v) is 4.55. The molecule has 0 bridgehead atoms. The van der Waals surface area contributed by atoms with Crippen LogP contribution in [0.3, 0.4) is 0 Å². The molecule has 3 heteroatoms. The van der Waals surface area contributed by atoms with Crippen molar-refractivity contribution in [1.29, 1.82) is 0 Å². The number of benzene rings is 2. The Balaban J connectivity index is 2.35. The molecule has 1 nitrogen and oxygen atoms in total. The first kappa shape index (κ1) is 13.7. The summed E-state index contributed by atoms with van der Waals surface area (Å²) in [6.45, 7) is 5.69. The summed E-state index contributed by atoms with van der Waals surface area (Å²) >= 11 is 0. The van der Waals surface area contributed by atoms with Gasteiger partial charge in [0.05, 0.1) is 0 Å². The molecule has 0 aliphatic heterocycles. The maximum atomic E-state index is 13.8. The van der Waals surface area contributed by atoms with Crippen LogP contribution in [0.15, 0.2) is 36.4 Å². The largest absolute Gasteiger partial charge is 0.313 e. The Morgan fingerprint density at radius 2 is 1.74 bits per heavy atom. The highest BCUT2D eigenvalue weighted by molar-refractivity contribution is 5.68. The van der Waals surface area contributed by atoms with Gasteiger partial charge in [-0.3, -0.25) is 0 Å². The Morgan fingerprint density at radius 3 is 2.37 bits per heavy atom. The van der Waals surface area contributed by atoms with Gasteiger partial charge in [-0.05, 0) is 42.3 Å². The molecule has 0 spiro atoms. The third kappa shape index (κ3) is 3.18. The molecule has 0 saturated carbocycles. The summed E-state index contributed by atoms with van der Waals surface area (Å²) in [5.74, 6) is -1.08. The molecule has 0 radical (unpaired) electrons. The van der Waals surface area contributed by atoms with Gasteiger partial charge in [0.15, 0.2) is 0 Å². The smallest absolute Gasteiger partial charge is 0.133 e. The van der Waals surface area contributed by atoms with Gasteiger partial charge < -0.3 is 5.32 Å². The van der Waals surface area contributed by atoms with E-state index in [1.165, 1.54) is 12.1 Å². The molecule has 19 heavy (non-hydrogen) atoms. The number of rotatable bonds is 4. The van der Waals surface area contributed by atoms with Gasteiger partial charge in [0.25, 0.3) is 0 Å². The molecule has 0 atom stereocenters. The zero-order valence-electron chi connectivity index (χ0n) is 11.1. The van der Waals surface area contributed by atoms with Crippen LogP contribution in [-0.2, 0) is 6.54 Å². The number of halogens is 2. The Bertz CT molecular complexity index is 579. The van der Waals surface area contributed by atoms with Crippen LogP contribution >= 0.6 is 0 Å². The normalized spacial score (nSPS) is 10.7. The summed E-state index contributed by atoms with van der Waals surface area (Å²) in [6.07, 6.45) is 0. The van der Waals surface area contributed by atoms with Crippen molar-refractivity contribution >= 4 is 0 Å². The molecule has 2 rings (SSSR count). The Kier molecular flexibility index (Phi) is 4.27. The minimum atomic E-state index is -0.553. The lowest BCUT2D eigenvalue weighted by molar-refractivity contribution is 0.585. The van der Waals surface area contributed by atoms with Gasteiger partial charge in [0.1, 0.15) is 11.6 Å². The van der Waals surface area contributed by atoms with Crippen LogP contribution in [0.25, 0.3) is 11.1 Å². The van der Waals surface area contributed by atoms with Crippen LogP contribution in [0, 0.1) is 18.6 Å². The first-order chi connectivity index (χ1) is 9.11. The minimum Gasteiger partial charge on any atom is -0.313 e. The Labute approximate surface area is 112 Å². The fraction of sp³-hybridized carbons (Fsp3) is 0.250. The van der Waals surface area contributed by atoms with Crippen LogP contribution in [-0.4, -0.2) is 6.54 Å². The third-order valence-corrected chi connectivity index (χ3v) is 3.09. The van der Waals surface area contributed by atoms with Crippen LogP contribution in [0.5, 0.6) is 0 Å². The highest BCUT2D eigenvalue weighted by atomic mass is 19.1. The van der Waals surface area contributed by atoms with E-state index in [4.69, 9.17) is 0 Å². The molecule has 100 valence electrons. The van der Waals surface area contributed by atoms with Gasteiger partial charge in [-0.15, -0.1) is 0 Å². The van der Waals surface area contributed by atoms with E-state index >= 15 is 0 Å². The van der Waals surface area contributed by atoms with Crippen molar-refractivity contribution < 1.29 is 8.78 Å². The van der Waals surface area contributed by atoms with E-state index in [1.54, 1.807) is 0 Å². The van der Waals surface area contributed by atoms with E-state index in [0.29, 0.717) is 5.56 Å². The molecule has 0 aliphatic carbocycles. The van der Waals surface area contributed by atoms with Crippen molar-refractivity contribution in [3.05, 3.63) is 59.2 Å². The first-order valence-corrected chi connectivity index (χ1v) is 6.37. The number of hydrogen-bond acceptors (Lipinski definition) is 1. The van der Waals surface area contributed by atoms with Crippen LogP contribution in [0.1, 0.15) is 18.1 Å². The van der Waals surface area contributed by atoms with Crippen molar-refractivity contribution in [1.82, 2.24) is 5.32 Å². The zero-order valence-corrected chi connectivity index (χ0v) is 11.1. The maximum absolute atomic E-state index is 13.8. The second kappa shape index (κ2) is 5.93. The molecule has 1 N–H and O–H groups in total. The van der Waals surface area contributed by atoms with Crippen LogP contribution < -0.4 is 5.32 Å². The van der Waals surface area contributed by atoms with Gasteiger partial charge in [-0.2, -0.15) is 0 Å². The number of hydrogen-bond donors (Lipinski definition) is 1. The molecule has 0 fully saturated rings. The quantitative estimate of drug-likeness (QED) is 0.875. The lowest BCUT2D eigenvalue weighted by atomic mass is 9.98. The van der Waals surface area contributed by atoms with Crippen molar-refractivity contribution in [2.45, 2.75) is 20.4 Å². The Hall–Kier alpha value is -1.74. The lowest BCUT2D eigenvalue weighted by Crippen LogP contribution is -2.11. The van der Waals surface area contributed by atoms with Crippen LogP contribution in [0.4, 0.5) is 8.78 Å². The molecular weight excluding hydrogens is 244 g/mol. The highest BCUT2D eigenvalue weighted by Crippen LogP contribution is 2.27. The maximum Gasteiger partial charge on any atom is 0.133 e. The molecule has 0 heterocycles. The monoisotopic (exact) mass is 261 g/mol. The summed E-state index contributed by atoms with van der Waals surface area (Å²) in [7, 11) is 0. The van der Waals surface area contributed by atoms with Crippen molar-refractivity contribution in [2.24, 2.45) is 0 Å². The van der Waals surface area contributed by atoms with E-state index in [2.05, 4.69) is 12.2 Å². The molecule has 2 aromatic rings. The van der Waals surface area contributed by atoms with Gasteiger partial charge in [0, 0.05) is 18.2 Å². The van der Waals surface area contributed by atoms with Gasteiger partial charge in [-0.25, -0.2) is 8.78 Å². The summed E-state index contributed by atoms with van der Waals surface area (Å²) in [5, 5.41) is 3.25. The lowest BCUT2D eigenvalue weighted by Gasteiger charge is -2.10. The van der Waals surface area contributed by atoms with Gasteiger partial charge >= 0.3 is 0 Å². The average molecular weight is 261 g/mol. The van der Waals surface area contributed by atoms with Crippen molar-refractivity contribution in [2.75, 3.05) is 6.54 Å².